The average molecular weight is 454 g/mol. The van der Waals surface area contributed by atoms with Gasteiger partial charge in [0.1, 0.15) is 16.4 Å². The van der Waals surface area contributed by atoms with Crippen LogP contribution >= 0.6 is 11.6 Å². The van der Waals surface area contributed by atoms with Crippen molar-refractivity contribution in [3.05, 3.63) is 23.0 Å². The lowest BCUT2D eigenvalue weighted by Crippen LogP contribution is -2.58. The molecule has 1 N–H and O–H groups in total. The second-order valence-electron chi connectivity index (χ2n) is 10.2. The predicted molar refractivity (Wildman–Crippen MR) is 117 cm³/mol. The summed E-state index contributed by atoms with van der Waals surface area (Å²) in [5.74, 6) is -0.276. The lowest BCUT2D eigenvalue weighted by molar-refractivity contribution is -0.0464. The van der Waals surface area contributed by atoms with Crippen LogP contribution in [0.3, 0.4) is 0 Å². The average Bonchev–Trinajstić information content (AvgIpc) is 2.94. The number of fused-ring (bicyclic) bond motifs is 1. The van der Waals surface area contributed by atoms with Crippen molar-refractivity contribution in [2.24, 2.45) is 5.92 Å². The number of aromatic nitrogens is 1. The lowest BCUT2D eigenvalue weighted by Gasteiger charge is -2.44. The molecule has 1 fully saturated rings. The molecule has 31 heavy (non-hydrogen) atoms. The maximum Gasteiger partial charge on any atom is 0.417 e. The molecule has 2 aliphatic rings. The van der Waals surface area contributed by atoms with Gasteiger partial charge < -0.3 is 19.5 Å². The Hall–Kier alpha value is -2.06. The summed E-state index contributed by atoms with van der Waals surface area (Å²) in [5, 5.41) is 12.1. The molecule has 2 aliphatic heterocycles. The molecule has 0 radical (unpaired) electrons. The summed E-state index contributed by atoms with van der Waals surface area (Å²) in [7, 11) is 0. The van der Waals surface area contributed by atoms with E-state index < -0.39 is 23.0 Å². The number of piperidine rings is 1. The number of ether oxygens (including phenoxy) is 2. The van der Waals surface area contributed by atoms with Crippen LogP contribution in [0.2, 0.25) is 5.15 Å². The number of pyridine rings is 1. The van der Waals surface area contributed by atoms with Crippen molar-refractivity contribution < 1.29 is 24.2 Å². The topological polar surface area (TPSA) is 92.2 Å². The van der Waals surface area contributed by atoms with Crippen LogP contribution in [-0.4, -0.2) is 57.2 Å². The highest BCUT2D eigenvalue weighted by Crippen LogP contribution is 2.47. The zero-order valence-corrected chi connectivity index (χ0v) is 19.8. The molecule has 1 aromatic rings. The molecule has 0 unspecified atom stereocenters. The predicted octanol–water partition coefficient (Wildman–Crippen LogP) is 4.37. The lowest BCUT2D eigenvalue weighted by atomic mass is 9.84. The van der Waals surface area contributed by atoms with Gasteiger partial charge in [0.25, 0.3) is 0 Å². The highest BCUT2D eigenvalue weighted by molar-refractivity contribution is 6.30. The Morgan fingerprint density at radius 3 is 2.19 bits per heavy atom. The van der Waals surface area contributed by atoms with Gasteiger partial charge in [-0.25, -0.2) is 19.5 Å². The van der Waals surface area contributed by atoms with Crippen molar-refractivity contribution in [2.75, 3.05) is 18.0 Å². The monoisotopic (exact) mass is 453 g/mol. The van der Waals surface area contributed by atoms with Gasteiger partial charge >= 0.3 is 12.2 Å². The molecule has 0 aliphatic carbocycles. The van der Waals surface area contributed by atoms with Crippen molar-refractivity contribution in [1.29, 1.82) is 0 Å². The molecule has 9 heteroatoms. The molecule has 3 heterocycles. The standard InChI is InChI=1S/C22H32ClN3O5/c1-20(2,3)30-18(27)25-11-8-14(9-12-25)22(29)13-15-16(7-10-24-17(15)23)26(22)19(28)31-21(4,5)6/h7,10,14,29H,8-9,11-13H2,1-6H3/t22-/m0/s1. The Kier molecular flexibility index (Phi) is 6.19. The summed E-state index contributed by atoms with van der Waals surface area (Å²) in [6, 6.07) is 1.67. The number of nitrogens with zero attached hydrogens (tertiary/aromatic N) is 3. The van der Waals surface area contributed by atoms with Crippen molar-refractivity contribution in [3.63, 3.8) is 0 Å². The molecular weight excluding hydrogens is 422 g/mol. The molecule has 2 amide bonds. The second-order valence-corrected chi connectivity index (χ2v) is 10.6. The molecule has 0 aromatic carbocycles. The van der Waals surface area contributed by atoms with E-state index >= 15 is 0 Å². The van der Waals surface area contributed by atoms with Gasteiger partial charge in [-0.05, 0) is 60.5 Å². The van der Waals surface area contributed by atoms with Crippen LogP contribution in [0.1, 0.15) is 59.9 Å². The van der Waals surface area contributed by atoms with E-state index in [0.717, 1.165) is 0 Å². The molecule has 1 saturated heterocycles. The first-order chi connectivity index (χ1) is 14.2. The molecule has 1 aromatic heterocycles. The first-order valence-corrected chi connectivity index (χ1v) is 11.0. The number of likely N-dealkylation sites (tertiary alicyclic amines) is 1. The summed E-state index contributed by atoms with van der Waals surface area (Å²) in [4.78, 5) is 32.6. The fraction of sp³-hybridized carbons (Fsp3) is 0.682. The van der Waals surface area contributed by atoms with E-state index in [1.807, 2.05) is 20.8 Å². The second kappa shape index (κ2) is 8.13. The largest absolute Gasteiger partial charge is 0.444 e. The van der Waals surface area contributed by atoms with Crippen LogP contribution < -0.4 is 4.90 Å². The van der Waals surface area contributed by atoms with Crippen LogP contribution in [0.25, 0.3) is 0 Å². The Morgan fingerprint density at radius 2 is 1.65 bits per heavy atom. The Morgan fingerprint density at radius 1 is 1.10 bits per heavy atom. The summed E-state index contributed by atoms with van der Waals surface area (Å²) >= 11 is 6.29. The number of rotatable bonds is 1. The zero-order chi connectivity index (χ0) is 23.2. The number of carbonyl (C=O) groups is 2. The van der Waals surface area contributed by atoms with Gasteiger partial charge in [0.05, 0.1) is 5.69 Å². The van der Waals surface area contributed by atoms with Gasteiger partial charge in [0, 0.05) is 37.2 Å². The highest BCUT2D eigenvalue weighted by atomic mass is 35.5. The third kappa shape index (κ3) is 5.06. The fourth-order valence-corrected chi connectivity index (χ4v) is 4.34. The van der Waals surface area contributed by atoms with Crippen molar-refractivity contribution in [1.82, 2.24) is 9.88 Å². The van der Waals surface area contributed by atoms with E-state index in [4.69, 9.17) is 21.1 Å². The van der Waals surface area contributed by atoms with Gasteiger partial charge in [-0.1, -0.05) is 11.6 Å². The normalized spacial score (nSPS) is 22.3. The van der Waals surface area contributed by atoms with Gasteiger partial charge in [-0.3, -0.25) is 0 Å². The van der Waals surface area contributed by atoms with Crippen molar-refractivity contribution in [2.45, 2.75) is 77.7 Å². The van der Waals surface area contributed by atoms with E-state index in [1.165, 1.54) is 11.1 Å². The van der Waals surface area contributed by atoms with Crippen LogP contribution in [0.15, 0.2) is 12.3 Å². The molecule has 0 spiro atoms. The third-order valence-corrected chi connectivity index (χ3v) is 5.75. The number of carbonyl (C=O) groups excluding carboxylic acids is 2. The minimum absolute atomic E-state index is 0.158. The smallest absolute Gasteiger partial charge is 0.417 e. The zero-order valence-electron chi connectivity index (χ0n) is 19.1. The minimum atomic E-state index is -1.52. The van der Waals surface area contributed by atoms with Gasteiger partial charge in [0.15, 0.2) is 5.72 Å². The minimum Gasteiger partial charge on any atom is -0.444 e. The molecule has 0 saturated carbocycles. The summed E-state index contributed by atoms with van der Waals surface area (Å²) in [6.07, 6.45) is 1.68. The van der Waals surface area contributed by atoms with Crippen LogP contribution in [-0.2, 0) is 15.9 Å². The number of halogens is 1. The first-order valence-electron chi connectivity index (χ1n) is 10.6. The number of hydrogen-bond donors (Lipinski definition) is 1. The number of hydrogen-bond acceptors (Lipinski definition) is 6. The molecule has 8 nitrogen and oxygen atoms in total. The van der Waals surface area contributed by atoms with E-state index in [1.54, 1.807) is 31.7 Å². The highest BCUT2D eigenvalue weighted by Gasteiger charge is 2.53. The quantitative estimate of drug-likeness (QED) is 0.635. The maximum absolute atomic E-state index is 13.1. The first kappa shape index (κ1) is 23.6. The summed E-state index contributed by atoms with van der Waals surface area (Å²) < 4.78 is 11.1. The fourth-order valence-electron chi connectivity index (χ4n) is 4.12. The van der Waals surface area contributed by atoms with Crippen molar-refractivity contribution in [3.8, 4) is 0 Å². The maximum atomic E-state index is 13.1. The number of aliphatic hydroxyl groups is 1. The number of anilines is 1. The molecule has 172 valence electrons. The number of amides is 2. The van der Waals surface area contributed by atoms with Gasteiger partial charge in [-0.15, -0.1) is 0 Å². The van der Waals surface area contributed by atoms with E-state index in [2.05, 4.69) is 4.98 Å². The third-order valence-electron chi connectivity index (χ3n) is 5.42. The van der Waals surface area contributed by atoms with Crippen molar-refractivity contribution >= 4 is 29.5 Å². The summed E-state index contributed by atoms with van der Waals surface area (Å²) in [5.41, 5.74) is -1.69. The van der Waals surface area contributed by atoms with Gasteiger partial charge in [-0.2, -0.15) is 0 Å². The van der Waals surface area contributed by atoms with E-state index in [-0.39, 0.29) is 23.6 Å². The van der Waals surface area contributed by atoms with E-state index in [0.29, 0.717) is 37.2 Å². The Labute approximate surface area is 188 Å². The SMILES string of the molecule is CC(C)(C)OC(=O)N1CCC([C@@]2(O)Cc3c(ccnc3Cl)N2C(=O)OC(C)(C)C)CC1. The van der Waals surface area contributed by atoms with Gasteiger partial charge in [0.2, 0.25) is 0 Å². The summed E-state index contributed by atoms with van der Waals surface area (Å²) in [6.45, 7) is 11.7. The van der Waals surface area contributed by atoms with Crippen LogP contribution in [0, 0.1) is 5.92 Å². The van der Waals surface area contributed by atoms with Crippen LogP contribution in [0.4, 0.5) is 15.3 Å². The molecular formula is C22H32ClN3O5. The Bertz CT molecular complexity index is 856. The molecule has 3 rings (SSSR count). The molecule has 1 atom stereocenters. The Balaban J connectivity index is 1.83. The molecule has 0 bridgehead atoms. The van der Waals surface area contributed by atoms with E-state index in [9.17, 15) is 14.7 Å². The van der Waals surface area contributed by atoms with Crippen LogP contribution in [0.5, 0.6) is 0 Å².